The SMILES string of the molecule is O=Cc1cccc(Nc2ccc(Cc3ccccc3)cc2)c1O. The zero-order valence-electron chi connectivity index (χ0n) is 12.6. The predicted molar refractivity (Wildman–Crippen MR) is 92.5 cm³/mol. The first kappa shape index (κ1) is 14.9. The van der Waals surface area contributed by atoms with E-state index in [9.17, 15) is 9.90 Å². The van der Waals surface area contributed by atoms with Crippen molar-refractivity contribution >= 4 is 17.7 Å². The van der Waals surface area contributed by atoms with E-state index in [1.54, 1.807) is 18.2 Å². The van der Waals surface area contributed by atoms with Gasteiger partial charge in [0.1, 0.15) is 5.75 Å². The number of aldehydes is 1. The van der Waals surface area contributed by atoms with Crippen LogP contribution in [-0.2, 0) is 6.42 Å². The van der Waals surface area contributed by atoms with Crippen molar-refractivity contribution in [1.29, 1.82) is 0 Å². The molecule has 0 radical (unpaired) electrons. The van der Waals surface area contributed by atoms with Crippen LogP contribution in [0.1, 0.15) is 21.5 Å². The first-order chi connectivity index (χ1) is 11.3. The molecule has 0 aromatic heterocycles. The number of phenolic OH excluding ortho intramolecular Hbond substituents is 1. The Morgan fingerprint density at radius 2 is 1.52 bits per heavy atom. The molecule has 3 aromatic carbocycles. The quantitative estimate of drug-likeness (QED) is 0.537. The molecule has 3 nitrogen and oxygen atoms in total. The van der Waals surface area contributed by atoms with E-state index in [0.717, 1.165) is 12.1 Å². The third-order valence-corrected chi connectivity index (χ3v) is 3.68. The van der Waals surface area contributed by atoms with E-state index in [0.29, 0.717) is 12.0 Å². The van der Waals surface area contributed by atoms with Gasteiger partial charge in [-0.3, -0.25) is 4.79 Å². The number of para-hydroxylation sites is 1. The lowest BCUT2D eigenvalue weighted by Gasteiger charge is -2.10. The summed E-state index contributed by atoms with van der Waals surface area (Å²) in [5, 5.41) is 13.1. The Kier molecular flexibility index (Phi) is 4.39. The van der Waals surface area contributed by atoms with Gasteiger partial charge in [-0.15, -0.1) is 0 Å². The van der Waals surface area contributed by atoms with E-state index >= 15 is 0 Å². The predicted octanol–water partition coefficient (Wildman–Crippen LogP) is 4.54. The van der Waals surface area contributed by atoms with Crippen LogP contribution >= 0.6 is 0 Å². The molecule has 0 saturated carbocycles. The van der Waals surface area contributed by atoms with Gasteiger partial charge in [-0.05, 0) is 41.8 Å². The monoisotopic (exact) mass is 303 g/mol. The summed E-state index contributed by atoms with van der Waals surface area (Å²) in [6.45, 7) is 0. The number of benzene rings is 3. The van der Waals surface area contributed by atoms with E-state index in [-0.39, 0.29) is 11.3 Å². The highest BCUT2D eigenvalue weighted by atomic mass is 16.3. The fourth-order valence-corrected chi connectivity index (χ4v) is 2.45. The Morgan fingerprint density at radius 3 is 2.22 bits per heavy atom. The van der Waals surface area contributed by atoms with Gasteiger partial charge in [0.2, 0.25) is 0 Å². The van der Waals surface area contributed by atoms with Crippen LogP contribution in [0, 0.1) is 0 Å². The van der Waals surface area contributed by atoms with Gasteiger partial charge in [-0.25, -0.2) is 0 Å². The number of phenols is 1. The Morgan fingerprint density at radius 1 is 0.826 bits per heavy atom. The van der Waals surface area contributed by atoms with E-state index < -0.39 is 0 Å². The molecular weight excluding hydrogens is 286 g/mol. The molecule has 0 aliphatic carbocycles. The van der Waals surface area contributed by atoms with Crippen LogP contribution in [0.15, 0.2) is 72.8 Å². The van der Waals surface area contributed by atoms with Crippen molar-refractivity contribution in [2.75, 3.05) is 5.32 Å². The summed E-state index contributed by atoms with van der Waals surface area (Å²) in [6.07, 6.45) is 1.52. The summed E-state index contributed by atoms with van der Waals surface area (Å²) in [7, 11) is 0. The maximum atomic E-state index is 10.9. The van der Waals surface area contributed by atoms with Gasteiger partial charge in [-0.1, -0.05) is 48.5 Å². The molecule has 0 aliphatic rings. The highest BCUT2D eigenvalue weighted by molar-refractivity contribution is 5.84. The van der Waals surface area contributed by atoms with Crippen LogP contribution in [0.2, 0.25) is 0 Å². The maximum absolute atomic E-state index is 10.9. The Bertz CT molecular complexity index is 796. The number of hydrogen-bond donors (Lipinski definition) is 2. The van der Waals surface area contributed by atoms with Crippen LogP contribution < -0.4 is 5.32 Å². The summed E-state index contributed by atoms with van der Waals surface area (Å²) in [4.78, 5) is 10.9. The minimum Gasteiger partial charge on any atom is -0.505 e. The van der Waals surface area contributed by atoms with Crippen molar-refractivity contribution in [1.82, 2.24) is 0 Å². The molecule has 0 amide bonds. The van der Waals surface area contributed by atoms with E-state index in [1.165, 1.54) is 11.1 Å². The highest BCUT2D eigenvalue weighted by Crippen LogP contribution is 2.29. The number of anilines is 2. The third kappa shape index (κ3) is 3.58. The lowest BCUT2D eigenvalue weighted by atomic mass is 10.0. The fraction of sp³-hybridized carbons (Fsp3) is 0.0500. The lowest BCUT2D eigenvalue weighted by molar-refractivity contribution is 0.112. The second kappa shape index (κ2) is 6.79. The van der Waals surface area contributed by atoms with Gasteiger partial charge in [0.25, 0.3) is 0 Å². The van der Waals surface area contributed by atoms with Crippen molar-refractivity contribution in [2.24, 2.45) is 0 Å². The van der Waals surface area contributed by atoms with E-state index in [4.69, 9.17) is 0 Å². The summed E-state index contributed by atoms with van der Waals surface area (Å²) < 4.78 is 0. The van der Waals surface area contributed by atoms with E-state index in [1.807, 2.05) is 30.3 Å². The first-order valence-electron chi connectivity index (χ1n) is 7.43. The van der Waals surface area contributed by atoms with Gasteiger partial charge in [0.05, 0.1) is 11.3 Å². The van der Waals surface area contributed by atoms with Crippen molar-refractivity contribution < 1.29 is 9.90 Å². The third-order valence-electron chi connectivity index (χ3n) is 3.68. The largest absolute Gasteiger partial charge is 0.505 e. The topological polar surface area (TPSA) is 49.3 Å². The minimum absolute atomic E-state index is 0.0316. The molecular formula is C20H17NO2. The standard InChI is InChI=1S/C20H17NO2/c22-14-17-7-4-8-19(20(17)23)21-18-11-9-16(10-12-18)13-15-5-2-1-3-6-15/h1-12,14,21,23H,13H2. The van der Waals surface area contributed by atoms with Crippen LogP contribution in [0.5, 0.6) is 5.75 Å². The first-order valence-corrected chi connectivity index (χ1v) is 7.43. The molecule has 0 heterocycles. The Hall–Kier alpha value is -3.07. The average molecular weight is 303 g/mol. The number of aromatic hydroxyl groups is 1. The smallest absolute Gasteiger partial charge is 0.153 e. The molecule has 0 saturated heterocycles. The van der Waals surface area contributed by atoms with Crippen molar-refractivity contribution in [3.8, 4) is 5.75 Å². The molecule has 2 N–H and O–H groups in total. The zero-order valence-corrected chi connectivity index (χ0v) is 12.6. The van der Waals surface area contributed by atoms with Gasteiger partial charge < -0.3 is 10.4 Å². The Labute approximate surface area is 135 Å². The number of hydrogen-bond acceptors (Lipinski definition) is 3. The summed E-state index contributed by atoms with van der Waals surface area (Å²) >= 11 is 0. The molecule has 23 heavy (non-hydrogen) atoms. The van der Waals surface area contributed by atoms with E-state index in [2.05, 4.69) is 29.6 Å². The normalized spacial score (nSPS) is 10.3. The molecule has 0 fully saturated rings. The van der Waals surface area contributed by atoms with Crippen LogP contribution in [0.3, 0.4) is 0 Å². The number of rotatable bonds is 5. The molecule has 114 valence electrons. The molecule has 0 atom stereocenters. The number of nitrogens with one attached hydrogen (secondary N) is 1. The highest BCUT2D eigenvalue weighted by Gasteiger charge is 2.06. The molecule has 0 bridgehead atoms. The van der Waals surface area contributed by atoms with Crippen LogP contribution in [-0.4, -0.2) is 11.4 Å². The van der Waals surface area contributed by atoms with Gasteiger partial charge in [-0.2, -0.15) is 0 Å². The average Bonchev–Trinajstić information content (AvgIpc) is 2.59. The molecule has 3 aromatic rings. The lowest BCUT2D eigenvalue weighted by Crippen LogP contribution is -1.94. The van der Waals surface area contributed by atoms with Crippen LogP contribution in [0.4, 0.5) is 11.4 Å². The second-order valence-electron chi connectivity index (χ2n) is 5.35. The Balaban J connectivity index is 1.74. The second-order valence-corrected chi connectivity index (χ2v) is 5.35. The molecule has 0 aliphatic heterocycles. The summed E-state index contributed by atoms with van der Waals surface area (Å²) in [5.41, 5.74) is 4.14. The fourth-order valence-electron chi connectivity index (χ4n) is 2.45. The van der Waals surface area contributed by atoms with Crippen LogP contribution in [0.25, 0.3) is 0 Å². The zero-order chi connectivity index (χ0) is 16.1. The molecule has 3 heteroatoms. The molecule has 0 unspecified atom stereocenters. The number of carbonyl (C=O) groups excluding carboxylic acids is 1. The number of carbonyl (C=O) groups is 1. The summed E-state index contributed by atoms with van der Waals surface area (Å²) in [5.74, 6) is -0.0316. The van der Waals surface area contributed by atoms with Gasteiger partial charge >= 0.3 is 0 Å². The summed E-state index contributed by atoms with van der Waals surface area (Å²) in [6, 6.07) is 23.4. The molecule has 0 spiro atoms. The maximum Gasteiger partial charge on any atom is 0.153 e. The van der Waals surface area contributed by atoms with Crippen molar-refractivity contribution in [3.05, 3.63) is 89.5 Å². The van der Waals surface area contributed by atoms with Gasteiger partial charge in [0, 0.05) is 5.69 Å². The molecule has 3 rings (SSSR count). The minimum atomic E-state index is -0.0316. The van der Waals surface area contributed by atoms with Crippen molar-refractivity contribution in [2.45, 2.75) is 6.42 Å². The van der Waals surface area contributed by atoms with Crippen molar-refractivity contribution in [3.63, 3.8) is 0 Å². The van der Waals surface area contributed by atoms with Gasteiger partial charge in [0.15, 0.2) is 6.29 Å².